The highest BCUT2D eigenvalue weighted by atomic mass is 32.5. The molecule has 0 bridgehead atoms. The summed E-state index contributed by atoms with van der Waals surface area (Å²) in [7, 11) is -8.45. The predicted octanol–water partition coefficient (Wildman–Crippen LogP) is 3.77. The van der Waals surface area contributed by atoms with Gasteiger partial charge < -0.3 is 15.4 Å². The smallest absolute Gasteiger partial charge is 0.310 e. The van der Waals surface area contributed by atoms with Gasteiger partial charge >= 0.3 is 10.2 Å². The molecule has 1 aliphatic rings. The Morgan fingerprint density at radius 3 is 2.18 bits per heavy atom. The lowest BCUT2D eigenvalue weighted by Crippen LogP contribution is -2.55. The number of halogens is 5. The van der Waals surface area contributed by atoms with Crippen molar-refractivity contribution in [3.8, 4) is 0 Å². The maximum absolute atomic E-state index is 12.7. The molecule has 0 spiro atoms. The lowest BCUT2D eigenvalue weighted by atomic mass is 10.1. The summed E-state index contributed by atoms with van der Waals surface area (Å²) in [5, 5.41) is 0. The zero-order chi connectivity index (χ0) is 16.9. The molecule has 1 unspecified atom stereocenters. The summed E-state index contributed by atoms with van der Waals surface area (Å²) in [5.74, 6) is -0.788. The highest BCUT2D eigenvalue weighted by molar-refractivity contribution is 8.45. The lowest BCUT2D eigenvalue weighted by Gasteiger charge is -2.41. The summed E-state index contributed by atoms with van der Waals surface area (Å²) in [6, 6.07) is 2.37. The van der Waals surface area contributed by atoms with E-state index in [2.05, 4.69) is 0 Å². The number of carbonyl (C=O) groups excluding carboxylic acids is 1. The van der Waals surface area contributed by atoms with Gasteiger partial charge in [0.25, 0.3) is 5.91 Å². The fourth-order valence-corrected chi connectivity index (χ4v) is 3.23. The standard InChI is InChI=1S/C12H15F5N2O2S/c1-21-12(11(18)20)7-2-8-19(12)9-3-5-10(6-4-9)22(13,14,15,16)17/h3-6H,2,7-8H2,1H3,(H2,18,20). The van der Waals surface area contributed by atoms with Gasteiger partial charge in [-0.15, -0.1) is 0 Å². The van der Waals surface area contributed by atoms with Crippen LogP contribution in [0.25, 0.3) is 0 Å². The van der Waals surface area contributed by atoms with E-state index < -0.39 is 26.8 Å². The fraction of sp³-hybridized carbons (Fsp3) is 0.417. The molecule has 2 rings (SSSR count). The Morgan fingerprint density at radius 2 is 1.77 bits per heavy atom. The summed E-state index contributed by atoms with van der Waals surface area (Å²) in [4.78, 5) is 11.0. The minimum absolute atomic E-state index is 0.156. The van der Waals surface area contributed by atoms with E-state index in [1.807, 2.05) is 0 Å². The van der Waals surface area contributed by atoms with Crippen molar-refractivity contribution in [2.24, 2.45) is 5.73 Å². The number of benzene rings is 1. The maximum Gasteiger partial charge on any atom is 0.310 e. The quantitative estimate of drug-likeness (QED) is 0.845. The van der Waals surface area contributed by atoms with Crippen molar-refractivity contribution < 1.29 is 29.0 Å². The van der Waals surface area contributed by atoms with Gasteiger partial charge in [-0.1, -0.05) is 19.4 Å². The molecular weight excluding hydrogens is 331 g/mol. The first-order chi connectivity index (χ1) is 9.80. The van der Waals surface area contributed by atoms with E-state index in [1.54, 1.807) is 0 Å². The van der Waals surface area contributed by atoms with E-state index in [1.165, 1.54) is 12.0 Å². The first kappa shape index (κ1) is 16.8. The van der Waals surface area contributed by atoms with Crippen LogP contribution in [0.1, 0.15) is 12.8 Å². The molecule has 0 radical (unpaired) electrons. The first-order valence-corrected chi connectivity index (χ1v) is 8.22. The second-order valence-electron chi connectivity index (χ2n) is 5.07. The monoisotopic (exact) mass is 346 g/mol. The van der Waals surface area contributed by atoms with Gasteiger partial charge in [0.15, 0.2) is 0 Å². The Kier molecular flexibility index (Phi) is 3.25. The van der Waals surface area contributed by atoms with Gasteiger partial charge in [0.2, 0.25) is 5.72 Å². The molecule has 4 nitrogen and oxygen atoms in total. The van der Waals surface area contributed by atoms with Crippen molar-refractivity contribution in [2.75, 3.05) is 18.6 Å². The Hall–Kier alpha value is -1.55. The molecule has 126 valence electrons. The van der Waals surface area contributed by atoms with Gasteiger partial charge in [-0.25, -0.2) is 0 Å². The molecular formula is C12H15F5N2O2S. The zero-order valence-corrected chi connectivity index (χ0v) is 12.4. The van der Waals surface area contributed by atoms with Crippen LogP contribution in [0.5, 0.6) is 0 Å². The molecule has 1 amide bonds. The van der Waals surface area contributed by atoms with Crippen LogP contribution in [-0.2, 0) is 9.53 Å². The average molecular weight is 346 g/mol. The summed E-state index contributed by atoms with van der Waals surface area (Å²) in [5.41, 5.74) is 3.99. The van der Waals surface area contributed by atoms with Crippen molar-refractivity contribution in [1.82, 2.24) is 0 Å². The van der Waals surface area contributed by atoms with Crippen molar-refractivity contribution in [2.45, 2.75) is 23.5 Å². The van der Waals surface area contributed by atoms with Crippen LogP contribution in [-0.4, -0.2) is 25.3 Å². The molecule has 1 heterocycles. The fourth-order valence-electron chi connectivity index (χ4n) is 2.58. The highest BCUT2D eigenvalue weighted by Gasteiger charge is 2.65. The Balaban J connectivity index is 2.42. The van der Waals surface area contributed by atoms with Crippen molar-refractivity contribution in [3.63, 3.8) is 0 Å². The van der Waals surface area contributed by atoms with E-state index in [-0.39, 0.29) is 12.1 Å². The number of nitrogens with two attached hydrogens (primary N) is 1. The third-order valence-electron chi connectivity index (χ3n) is 3.65. The van der Waals surface area contributed by atoms with Gasteiger partial charge in [0, 0.05) is 25.8 Å². The van der Waals surface area contributed by atoms with Crippen LogP contribution in [0.15, 0.2) is 29.2 Å². The summed E-state index contributed by atoms with van der Waals surface area (Å²) < 4.78 is 68.6. The third kappa shape index (κ3) is 2.84. The minimum Gasteiger partial charge on any atom is -0.365 e. The van der Waals surface area contributed by atoms with E-state index in [4.69, 9.17) is 10.5 Å². The molecule has 1 atom stereocenters. The number of hydrogen-bond donors (Lipinski definition) is 1. The van der Waals surface area contributed by atoms with Crippen LogP contribution in [0.4, 0.5) is 25.1 Å². The van der Waals surface area contributed by atoms with E-state index in [0.717, 1.165) is 12.1 Å². The number of anilines is 1. The Bertz CT molecular complexity index is 604. The van der Waals surface area contributed by atoms with Crippen LogP contribution in [0, 0.1) is 0 Å². The van der Waals surface area contributed by atoms with E-state index in [9.17, 15) is 24.2 Å². The summed E-state index contributed by atoms with van der Waals surface area (Å²) in [6.45, 7) is 0.312. The number of carbonyl (C=O) groups is 1. The minimum atomic E-state index is -9.71. The summed E-state index contributed by atoms with van der Waals surface area (Å²) >= 11 is 0. The number of nitrogens with zero attached hydrogens (tertiary/aromatic N) is 1. The number of rotatable bonds is 4. The third-order valence-corrected chi connectivity index (χ3v) is 4.81. The Morgan fingerprint density at radius 1 is 1.23 bits per heavy atom. The largest absolute Gasteiger partial charge is 0.365 e. The molecule has 0 saturated carbocycles. The average Bonchev–Trinajstić information content (AvgIpc) is 2.81. The molecule has 1 aromatic carbocycles. The Labute approximate surface area is 123 Å². The predicted molar refractivity (Wildman–Crippen MR) is 73.4 cm³/mol. The van der Waals surface area contributed by atoms with Crippen molar-refractivity contribution >= 4 is 21.8 Å². The zero-order valence-electron chi connectivity index (χ0n) is 11.6. The second-order valence-corrected chi connectivity index (χ2v) is 7.48. The van der Waals surface area contributed by atoms with Gasteiger partial charge in [-0.05, 0) is 30.7 Å². The van der Waals surface area contributed by atoms with Crippen molar-refractivity contribution in [1.29, 1.82) is 0 Å². The number of amides is 1. The molecule has 1 aromatic rings. The van der Waals surface area contributed by atoms with Crippen LogP contribution in [0.2, 0.25) is 0 Å². The molecule has 1 fully saturated rings. The first-order valence-electron chi connectivity index (χ1n) is 6.27. The molecule has 2 N–H and O–H groups in total. The normalized spacial score (nSPS) is 25.6. The van der Waals surface area contributed by atoms with Gasteiger partial charge in [-0.3, -0.25) is 4.79 Å². The van der Waals surface area contributed by atoms with Crippen molar-refractivity contribution in [3.05, 3.63) is 24.3 Å². The number of primary amides is 1. The van der Waals surface area contributed by atoms with Gasteiger partial charge in [-0.2, -0.15) is 0 Å². The van der Waals surface area contributed by atoms with Gasteiger partial charge in [0.1, 0.15) is 4.90 Å². The topological polar surface area (TPSA) is 55.6 Å². The van der Waals surface area contributed by atoms with Gasteiger partial charge in [0.05, 0.1) is 0 Å². The van der Waals surface area contributed by atoms with E-state index >= 15 is 0 Å². The van der Waals surface area contributed by atoms with E-state index in [0.29, 0.717) is 25.1 Å². The van der Waals surface area contributed by atoms with Crippen LogP contribution < -0.4 is 10.6 Å². The lowest BCUT2D eigenvalue weighted by molar-refractivity contribution is -0.138. The summed E-state index contributed by atoms with van der Waals surface area (Å²) in [6.07, 6.45) is 0.794. The SMILES string of the molecule is COC1(C(N)=O)CCCN1c1ccc(S(F)(F)(F)(F)F)cc1. The molecule has 1 aliphatic heterocycles. The maximum atomic E-state index is 12.7. The second kappa shape index (κ2) is 4.25. The molecule has 0 aliphatic carbocycles. The number of methoxy groups -OCH3 is 1. The highest BCUT2D eigenvalue weighted by Crippen LogP contribution is 3.02. The van der Waals surface area contributed by atoms with Crippen LogP contribution in [0.3, 0.4) is 0 Å². The molecule has 22 heavy (non-hydrogen) atoms. The molecule has 0 aromatic heterocycles. The number of ether oxygens (including phenoxy) is 1. The molecule has 10 heteroatoms. The molecule has 1 saturated heterocycles. The number of hydrogen-bond acceptors (Lipinski definition) is 3. The van der Waals surface area contributed by atoms with Crippen LogP contribution >= 0.6 is 10.2 Å².